The Hall–Kier alpha value is -1.36. The maximum atomic E-state index is 11.6. The number of carbonyl (C=O) groups is 1. The third kappa shape index (κ3) is 3.06. The summed E-state index contributed by atoms with van der Waals surface area (Å²) < 4.78 is 5.04. The topological polar surface area (TPSA) is 68.3 Å². The summed E-state index contributed by atoms with van der Waals surface area (Å²) in [6, 6.07) is 1.41. The minimum absolute atomic E-state index is 0.216. The summed E-state index contributed by atoms with van der Waals surface area (Å²) in [4.78, 5) is 11.9. The molecule has 5 heteroatoms. The number of carbonyl (C=O) groups excluding carboxylic acids is 1. The molecular weight excluding hydrogens is 212 g/mol. The molecule has 1 aromatic rings. The molecule has 0 aromatic carbocycles. The van der Waals surface area contributed by atoms with Gasteiger partial charge in [0.25, 0.3) is 5.91 Å². The largest absolute Gasteiger partial charge is 0.469 e. The maximum absolute atomic E-state index is 11.6. The van der Waals surface area contributed by atoms with E-state index in [1.54, 1.807) is 13.0 Å². The fourth-order valence-corrected chi connectivity index (χ4v) is 1.40. The molecule has 1 amide bonds. The van der Waals surface area contributed by atoms with Crippen molar-refractivity contribution in [2.75, 3.05) is 0 Å². The zero-order valence-electron chi connectivity index (χ0n) is 8.74. The van der Waals surface area contributed by atoms with Crippen LogP contribution in [0, 0.1) is 6.92 Å². The molecule has 15 heavy (non-hydrogen) atoms. The van der Waals surface area contributed by atoms with Crippen molar-refractivity contribution in [1.29, 1.82) is 0 Å². The van der Waals surface area contributed by atoms with Gasteiger partial charge in [-0.3, -0.25) is 4.79 Å². The number of thiocarbonyl (C=S) groups is 1. The van der Waals surface area contributed by atoms with Gasteiger partial charge in [0.15, 0.2) is 0 Å². The predicted molar refractivity (Wildman–Crippen MR) is 61.8 cm³/mol. The highest BCUT2D eigenvalue weighted by atomic mass is 32.1. The highest BCUT2D eigenvalue weighted by Gasteiger charge is 2.15. The van der Waals surface area contributed by atoms with Gasteiger partial charge in [-0.1, -0.05) is 19.1 Å². The number of amides is 1. The zero-order chi connectivity index (χ0) is 11.4. The molecule has 0 aliphatic heterocycles. The van der Waals surface area contributed by atoms with Gasteiger partial charge in [-0.25, -0.2) is 0 Å². The van der Waals surface area contributed by atoms with E-state index < -0.39 is 0 Å². The zero-order valence-corrected chi connectivity index (χ0v) is 9.56. The van der Waals surface area contributed by atoms with Crippen molar-refractivity contribution in [3.8, 4) is 0 Å². The number of rotatable bonds is 4. The summed E-state index contributed by atoms with van der Waals surface area (Å²) >= 11 is 4.83. The lowest BCUT2D eigenvalue weighted by atomic mass is 10.2. The van der Waals surface area contributed by atoms with E-state index in [1.165, 1.54) is 6.26 Å². The van der Waals surface area contributed by atoms with Crippen LogP contribution in [-0.4, -0.2) is 16.9 Å². The van der Waals surface area contributed by atoms with Gasteiger partial charge in [0, 0.05) is 0 Å². The smallest absolute Gasteiger partial charge is 0.255 e. The Morgan fingerprint density at radius 1 is 1.73 bits per heavy atom. The summed E-state index contributed by atoms with van der Waals surface area (Å²) in [6.07, 6.45) is 2.09. The highest BCUT2D eigenvalue weighted by molar-refractivity contribution is 7.80. The van der Waals surface area contributed by atoms with Crippen molar-refractivity contribution >= 4 is 23.1 Å². The van der Waals surface area contributed by atoms with Crippen LogP contribution in [0.2, 0.25) is 0 Å². The average molecular weight is 226 g/mol. The molecule has 1 atom stereocenters. The minimum atomic E-state index is -0.261. The molecule has 0 bridgehead atoms. The molecule has 0 fully saturated rings. The minimum Gasteiger partial charge on any atom is -0.469 e. The van der Waals surface area contributed by atoms with E-state index in [0.717, 1.165) is 0 Å². The van der Waals surface area contributed by atoms with E-state index in [9.17, 15) is 4.79 Å². The lowest BCUT2D eigenvalue weighted by Crippen LogP contribution is -2.42. The predicted octanol–water partition coefficient (Wildman–Crippen LogP) is 1.38. The van der Waals surface area contributed by atoms with E-state index >= 15 is 0 Å². The second kappa shape index (κ2) is 4.93. The molecule has 0 radical (unpaired) electrons. The second-order valence-electron chi connectivity index (χ2n) is 3.28. The van der Waals surface area contributed by atoms with Crippen LogP contribution in [0.4, 0.5) is 0 Å². The highest BCUT2D eigenvalue weighted by Crippen LogP contribution is 2.06. The summed E-state index contributed by atoms with van der Waals surface area (Å²) in [6.45, 7) is 3.69. The van der Waals surface area contributed by atoms with Gasteiger partial charge >= 0.3 is 0 Å². The van der Waals surface area contributed by atoms with Crippen LogP contribution in [0.1, 0.15) is 29.5 Å². The van der Waals surface area contributed by atoms with Crippen LogP contribution in [0.3, 0.4) is 0 Å². The first-order chi connectivity index (χ1) is 7.04. The molecule has 0 saturated heterocycles. The first kappa shape index (κ1) is 11.7. The fourth-order valence-electron chi connectivity index (χ4n) is 1.18. The maximum Gasteiger partial charge on any atom is 0.255 e. The van der Waals surface area contributed by atoms with Crippen molar-refractivity contribution in [3.05, 3.63) is 23.7 Å². The van der Waals surface area contributed by atoms with Crippen molar-refractivity contribution in [2.24, 2.45) is 5.73 Å². The van der Waals surface area contributed by atoms with Crippen LogP contribution in [0.15, 0.2) is 16.7 Å². The number of nitrogens with one attached hydrogen (secondary N) is 1. The lowest BCUT2D eigenvalue weighted by Gasteiger charge is -2.14. The number of nitrogens with two attached hydrogens (primary N) is 1. The molecule has 0 spiro atoms. The van der Waals surface area contributed by atoms with Gasteiger partial charge in [0.1, 0.15) is 12.0 Å². The van der Waals surface area contributed by atoms with Gasteiger partial charge in [-0.05, 0) is 19.4 Å². The normalized spacial score (nSPS) is 12.1. The average Bonchev–Trinajstić information content (AvgIpc) is 2.60. The third-order valence-electron chi connectivity index (χ3n) is 2.05. The van der Waals surface area contributed by atoms with Crippen LogP contribution >= 0.6 is 12.2 Å². The monoisotopic (exact) mass is 226 g/mol. The first-order valence-electron chi connectivity index (χ1n) is 4.70. The molecule has 1 heterocycles. The van der Waals surface area contributed by atoms with Crippen LogP contribution in [0.25, 0.3) is 0 Å². The Labute approximate surface area is 93.8 Å². The number of hydrogen-bond acceptors (Lipinski definition) is 3. The van der Waals surface area contributed by atoms with Crippen molar-refractivity contribution < 1.29 is 9.21 Å². The SMILES string of the molecule is CCC(NC(=O)c1coc(C)c1)C(N)=S. The second-order valence-corrected chi connectivity index (χ2v) is 3.75. The molecule has 3 N–H and O–H groups in total. The summed E-state index contributed by atoms with van der Waals surface area (Å²) in [5, 5.41) is 2.73. The number of hydrogen-bond donors (Lipinski definition) is 2. The van der Waals surface area contributed by atoms with Gasteiger partial charge in [-0.15, -0.1) is 0 Å². The molecule has 0 aliphatic carbocycles. The molecule has 0 saturated carbocycles. The van der Waals surface area contributed by atoms with Gasteiger partial charge in [0.05, 0.1) is 16.6 Å². The number of furan rings is 1. The molecule has 1 rings (SSSR count). The Morgan fingerprint density at radius 2 is 2.40 bits per heavy atom. The van der Waals surface area contributed by atoms with Gasteiger partial charge < -0.3 is 15.5 Å². The van der Waals surface area contributed by atoms with E-state index in [1.807, 2.05) is 6.92 Å². The number of aryl methyl sites for hydroxylation is 1. The fraction of sp³-hybridized carbons (Fsp3) is 0.400. The Balaban J connectivity index is 2.66. The summed E-state index contributed by atoms with van der Waals surface area (Å²) in [5.74, 6) is 0.482. The van der Waals surface area contributed by atoms with Crippen molar-refractivity contribution in [1.82, 2.24) is 5.32 Å². The first-order valence-corrected chi connectivity index (χ1v) is 5.10. The lowest BCUT2D eigenvalue weighted by molar-refractivity contribution is 0.0946. The van der Waals surface area contributed by atoms with E-state index in [2.05, 4.69) is 5.32 Å². The summed E-state index contributed by atoms with van der Waals surface area (Å²) in [5.41, 5.74) is 5.96. The van der Waals surface area contributed by atoms with E-state index in [0.29, 0.717) is 22.7 Å². The van der Waals surface area contributed by atoms with E-state index in [4.69, 9.17) is 22.4 Å². The van der Waals surface area contributed by atoms with Gasteiger partial charge in [0.2, 0.25) is 0 Å². The molecule has 1 unspecified atom stereocenters. The molecule has 0 aliphatic rings. The molecule has 1 aromatic heterocycles. The Bertz CT molecular complexity index is 373. The Morgan fingerprint density at radius 3 is 2.80 bits per heavy atom. The molecule has 82 valence electrons. The standard InChI is InChI=1S/C10H14N2O2S/c1-3-8(9(11)15)12-10(13)7-4-6(2)14-5-7/h4-5,8H,3H2,1-2H3,(H2,11,15)(H,12,13). The van der Waals surface area contributed by atoms with Crippen LogP contribution < -0.4 is 11.1 Å². The Kier molecular flexibility index (Phi) is 3.85. The quantitative estimate of drug-likeness (QED) is 0.761. The van der Waals surface area contributed by atoms with Crippen molar-refractivity contribution in [3.63, 3.8) is 0 Å². The van der Waals surface area contributed by atoms with Crippen LogP contribution in [0.5, 0.6) is 0 Å². The van der Waals surface area contributed by atoms with Gasteiger partial charge in [-0.2, -0.15) is 0 Å². The molecular formula is C10H14N2O2S. The van der Waals surface area contributed by atoms with Crippen LogP contribution in [-0.2, 0) is 0 Å². The summed E-state index contributed by atoms with van der Waals surface area (Å²) in [7, 11) is 0. The third-order valence-corrected chi connectivity index (χ3v) is 2.33. The van der Waals surface area contributed by atoms with Crippen molar-refractivity contribution in [2.45, 2.75) is 26.3 Å². The van der Waals surface area contributed by atoms with E-state index in [-0.39, 0.29) is 11.9 Å². The molecule has 4 nitrogen and oxygen atoms in total.